The summed E-state index contributed by atoms with van der Waals surface area (Å²) in [5.41, 5.74) is 11.8. The van der Waals surface area contributed by atoms with E-state index in [0.29, 0.717) is 13.2 Å². The molecule has 0 rings (SSSR count). The highest BCUT2D eigenvalue weighted by Gasteiger charge is 2.26. The topological polar surface area (TPSA) is 274 Å². The summed E-state index contributed by atoms with van der Waals surface area (Å²) >= 11 is 0. The molecule has 3 unspecified atom stereocenters. The number of carbonyl (C=O) groups is 6. The molecule has 0 aliphatic carbocycles. The second kappa shape index (κ2) is 25.9. The van der Waals surface area contributed by atoms with E-state index in [1.54, 1.807) is 0 Å². The van der Waals surface area contributed by atoms with Crippen LogP contribution in [-0.2, 0) is 67.9 Å². The minimum Gasteiger partial charge on any atom is -0.382 e. The van der Waals surface area contributed by atoms with Crippen LogP contribution in [0.15, 0.2) is 0 Å². The lowest BCUT2D eigenvalue weighted by atomic mass is 10.1. The van der Waals surface area contributed by atoms with Gasteiger partial charge in [0.25, 0.3) is 5.91 Å². The quantitative estimate of drug-likeness (QED) is 0.0271. The third kappa shape index (κ3) is 20.4. The van der Waals surface area contributed by atoms with Crippen LogP contribution >= 0.6 is 0 Å². The number of hydrogen-bond acceptors (Lipinski definition) is 15. The summed E-state index contributed by atoms with van der Waals surface area (Å²) in [4.78, 5) is 99.7. The Kier molecular flexibility index (Phi) is 23.8. The van der Waals surface area contributed by atoms with Gasteiger partial charge in [-0.15, -0.1) is 15.0 Å². The summed E-state index contributed by atoms with van der Waals surface area (Å²) in [6, 6.07) is -3.66. The minimum atomic E-state index is -1.25. The number of hydroxylamine groups is 3. The van der Waals surface area contributed by atoms with Crippen LogP contribution in [-0.4, -0.2) is 108 Å². The molecule has 0 heterocycles. The molecule has 8 N–H and O–H groups in total. The van der Waals surface area contributed by atoms with Crippen molar-refractivity contribution in [3.05, 3.63) is 0 Å². The first-order valence-electron chi connectivity index (χ1n) is 13.3. The second-order valence-electron chi connectivity index (χ2n) is 8.57. The molecule has 44 heavy (non-hydrogen) atoms. The Morgan fingerprint density at radius 3 is 1.66 bits per heavy atom. The van der Waals surface area contributed by atoms with E-state index in [9.17, 15) is 28.8 Å². The van der Waals surface area contributed by atoms with Gasteiger partial charge in [-0.2, -0.15) is 0 Å². The molecule has 0 fully saturated rings. The van der Waals surface area contributed by atoms with E-state index in [1.807, 2.05) is 16.4 Å². The molecular formula is C23H43N7O14. The third-order valence-electron chi connectivity index (χ3n) is 5.30. The predicted octanol–water partition coefficient (Wildman–Crippen LogP) is -3.77. The molecule has 0 aromatic heterocycles. The molecule has 0 spiro atoms. The van der Waals surface area contributed by atoms with Gasteiger partial charge < -0.3 is 31.2 Å². The van der Waals surface area contributed by atoms with Crippen molar-refractivity contribution in [1.29, 1.82) is 0 Å². The Balaban J connectivity index is 5.07. The Hall–Kier alpha value is -3.54. The molecule has 3 atom stereocenters. The third-order valence-corrected chi connectivity index (χ3v) is 5.30. The zero-order valence-electron chi connectivity index (χ0n) is 25.1. The number of nitrogens with two attached hydrogens (primary N) is 1. The van der Waals surface area contributed by atoms with Crippen LogP contribution in [0, 0.1) is 0 Å². The number of amides is 6. The first-order valence-corrected chi connectivity index (χ1v) is 13.3. The van der Waals surface area contributed by atoms with E-state index in [2.05, 4.69) is 45.6 Å². The number of ether oxygens (including phenoxy) is 2. The molecule has 0 saturated heterocycles. The maximum absolute atomic E-state index is 12.8. The van der Waals surface area contributed by atoms with E-state index in [4.69, 9.17) is 15.2 Å². The lowest BCUT2D eigenvalue weighted by molar-refractivity contribution is -0.310. The van der Waals surface area contributed by atoms with Gasteiger partial charge in [0.2, 0.25) is 29.5 Å². The Morgan fingerprint density at radius 1 is 0.591 bits per heavy atom. The monoisotopic (exact) mass is 641 g/mol. The highest BCUT2D eigenvalue weighted by atomic mass is 17.3. The van der Waals surface area contributed by atoms with Gasteiger partial charge in [0.1, 0.15) is 12.1 Å². The summed E-state index contributed by atoms with van der Waals surface area (Å²) in [5.74, 6) is -4.17. The van der Waals surface area contributed by atoms with E-state index in [0.717, 1.165) is 7.11 Å². The van der Waals surface area contributed by atoms with Gasteiger partial charge >= 0.3 is 0 Å². The van der Waals surface area contributed by atoms with Gasteiger partial charge in [0.05, 0.1) is 47.2 Å². The Morgan fingerprint density at radius 2 is 1.11 bits per heavy atom. The van der Waals surface area contributed by atoms with Crippen LogP contribution in [0.2, 0.25) is 0 Å². The number of rotatable bonds is 26. The van der Waals surface area contributed by atoms with E-state index < -0.39 is 53.6 Å². The van der Waals surface area contributed by atoms with Crippen molar-refractivity contribution in [2.24, 2.45) is 5.73 Å². The van der Waals surface area contributed by atoms with Crippen molar-refractivity contribution >= 4 is 35.4 Å². The number of hydrogen-bond donors (Lipinski definition) is 7. The Bertz CT molecular complexity index is 882. The minimum absolute atomic E-state index is 0.116. The zero-order chi connectivity index (χ0) is 33.2. The molecule has 0 aliphatic rings. The summed E-state index contributed by atoms with van der Waals surface area (Å²) in [7, 11) is 4.99. The molecule has 0 radical (unpaired) electrons. The normalized spacial score (nSPS) is 12.8. The summed E-state index contributed by atoms with van der Waals surface area (Å²) in [5, 5.41) is 7.45. The maximum atomic E-state index is 12.8. The van der Waals surface area contributed by atoms with Crippen molar-refractivity contribution in [3.63, 3.8) is 0 Å². The SMILES string of the molecule is COCCOCCNC(=O)C(CCC(=O)NOOC)NC(=O)C(N)CCC(=O)NC(CCC(=O)NOOC)C(=O)NOOC. The standard InChI is InChI=1S/C23H43N7O14/c1-37-13-14-41-12-11-25-22(35)16(6-9-19(32)28-42-38-2)27-21(34)15(24)5-8-18(31)26-17(23(36)30-44-40-4)7-10-20(33)29-43-39-3/h15-17H,5-14,24H2,1-4H3,(H,25,35)(H,26,31)(H,27,34)(H,28,32)(H,29,33)(H,30,36). The number of nitrogens with one attached hydrogen (secondary N) is 6. The van der Waals surface area contributed by atoms with Crippen molar-refractivity contribution in [2.75, 3.05) is 54.8 Å². The first-order chi connectivity index (χ1) is 21.1. The molecule has 0 aliphatic heterocycles. The van der Waals surface area contributed by atoms with Crippen LogP contribution in [0.4, 0.5) is 0 Å². The van der Waals surface area contributed by atoms with Crippen LogP contribution < -0.4 is 38.1 Å². The van der Waals surface area contributed by atoms with Gasteiger partial charge in [-0.05, 0) is 19.3 Å². The van der Waals surface area contributed by atoms with Crippen LogP contribution in [0.1, 0.15) is 38.5 Å². The number of methoxy groups -OCH3 is 1. The van der Waals surface area contributed by atoms with Gasteiger partial charge in [-0.1, -0.05) is 0 Å². The highest BCUT2D eigenvalue weighted by Crippen LogP contribution is 2.04. The lowest BCUT2D eigenvalue weighted by Gasteiger charge is -2.21. The summed E-state index contributed by atoms with van der Waals surface area (Å²) in [6.07, 6.45) is -1.28. The molecular weight excluding hydrogens is 598 g/mol. The van der Waals surface area contributed by atoms with Crippen molar-refractivity contribution in [3.8, 4) is 0 Å². The Labute approximate surface area is 253 Å². The van der Waals surface area contributed by atoms with Crippen molar-refractivity contribution < 1.29 is 67.9 Å². The van der Waals surface area contributed by atoms with Crippen LogP contribution in [0.3, 0.4) is 0 Å². The molecule has 0 aromatic carbocycles. The maximum Gasteiger partial charge on any atom is 0.268 e. The number of carbonyl (C=O) groups excluding carboxylic acids is 6. The zero-order valence-corrected chi connectivity index (χ0v) is 25.1. The smallest absolute Gasteiger partial charge is 0.268 e. The molecule has 0 aromatic rings. The summed E-state index contributed by atoms with van der Waals surface area (Å²) < 4.78 is 10.1. The van der Waals surface area contributed by atoms with E-state index >= 15 is 0 Å². The average Bonchev–Trinajstić information content (AvgIpc) is 3.01. The van der Waals surface area contributed by atoms with E-state index in [-0.39, 0.29) is 51.7 Å². The van der Waals surface area contributed by atoms with Crippen molar-refractivity contribution in [2.45, 2.75) is 56.7 Å². The van der Waals surface area contributed by atoms with E-state index in [1.165, 1.54) is 21.3 Å². The molecule has 21 nitrogen and oxygen atoms in total. The molecule has 0 saturated carbocycles. The fourth-order valence-electron chi connectivity index (χ4n) is 3.10. The van der Waals surface area contributed by atoms with Gasteiger partial charge in [0.15, 0.2) is 0 Å². The largest absolute Gasteiger partial charge is 0.382 e. The van der Waals surface area contributed by atoms with Gasteiger partial charge in [-0.25, -0.2) is 31.1 Å². The molecule has 6 amide bonds. The second-order valence-corrected chi connectivity index (χ2v) is 8.57. The fraction of sp³-hybridized carbons (Fsp3) is 0.739. The first kappa shape index (κ1) is 40.5. The molecule has 21 heteroatoms. The molecule has 254 valence electrons. The molecule has 0 bridgehead atoms. The average molecular weight is 642 g/mol. The van der Waals surface area contributed by atoms with Crippen molar-refractivity contribution in [1.82, 2.24) is 32.4 Å². The lowest BCUT2D eigenvalue weighted by Crippen LogP contribution is -2.52. The predicted molar refractivity (Wildman–Crippen MR) is 144 cm³/mol. The van der Waals surface area contributed by atoms with Gasteiger partial charge in [0, 0.05) is 32.9 Å². The fourth-order valence-corrected chi connectivity index (χ4v) is 3.10. The summed E-state index contributed by atoms with van der Waals surface area (Å²) in [6.45, 7) is 0.985. The van der Waals surface area contributed by atoms with Gasteiger partial charge in [-0.3, -0.25) is 28.8 Å². The van der Waals surface area contributed by atoms with Crippen LogP contribution in [0.5, 0.6) is 0 Å². The van der Waals surface area contributed by atoms with Crippen LogP contribution in [0.25, 0.3) is 0 Å². The highest BCUT2D eigenvalue weighted by molar-refractivity contribution is 5.91.